The summed E-state index contributed by atoms with van der Waals surface area (Å²) in [7, 11) is 0. The molecule has 1 atom stereocenters. The smallest absolute Gasteiger partial charge is 0.290 e. The summed E-state index contributed by atoms with van der Waals surface area (Å²) in [5.74, 6) is -2.95. The van der Waals surface area contributed by atoms with Crippen LogP contribution >= 0.6 is 11.8 Å². The molecule has 0 radical (unpaired) electrons. The van der Waals surface area contributed by atoms with E-state index in [-0.39, 0.29) is 34.3 Å². The fourth-order valence-corrected chi connectivity index (χ4v) is 1.72. The Morgan fingerprint density at radius 3 is 2.88 bits per heavy atom. The first kappa shape index (κ1) is 13.9. The van der Waals surface area contributed by atoms with Crippen LogP contribution in [-0.4, -0.2) is 22.7 Å². The molecule has 0 aliphatic heterocycles. The van der Waals surface area contributed by atoms with Crippen molar-refractivity contribution in [1.82, 2.24) is 10.3 Å². The lowest BCUT2D eigenvalue weighted by atomic mass is 10.2. The standard InChI is InChI=1S/C11H14F2N2OS/c1-3-7(2)15-9(16)8-5-4-6-14-10(8)17-11(12)13/h4-7,11H,3H2,1-2H3,(H,15,16). The maximum atomic E-state index is 12.3. The van der Waals surface area contributed by atoms with Crippen molar-refractivity contribution in [1.29, 1.82) is 0 Å². The van der Waals surface area contributed by atoms with Crippen LogP contribution in [0.3, 0.4) is 0 Å². The molecular formula is C11H14F2N2OS. The molecule has 1 aromatic rings. The minimum absolute atomic E-state index is 0.00658. The van der Waals surface area contributed by atoms with Crippen molar-refractivity contribution in [3.8, 4) is 0 Å². The molecule has 1 aromatic heterocycles. The Hall–Kier alpha value is -1.17. The average molecular weight is 260 g/mol. The predicted molar refractivity (Wildman–Crippen MR) is 63.3 cm³/mol. The molecule has 0 fully saturated rings. The number of nitrogens with zero attached hydrogens (tertiary/aromatic N) is 1. The second kappa shape index (κ2) is 6.54. The lowest BCUT2D eigenvalue weighted by Gasteiger charge is -2.12. The van der Waals surface area contributed by atoms with Crippen molar-refractivity contribution in [2.24, 2.45) is 0 Å². The fourth-order valence-electron chi connectivity index (χ4n) is 1.15. The molecule has 0 bridgehead atoms. The predicted octanol–water partition coefficient (Wildman–Crippen LogP) is 2.92. The first-order valence-electron chi connectivity index (χ1n) is 5.25. The number of hydrogen-bond acceptors (Lipinski definition) is 3. The number of carbonyl (C=O) groups is 1. The molecule has 1 amide bonds. The number of aromatic nitrogens is 1. The monoisotopic (exact) mass is 260 g/mol. The molecule has 1 unspecified atom stereocenters. The zero-order valence-corrected chi connectivity index (χ0v) is 10.4. The maximum absolute atomic E-state index is 12.3. The van der Waals surface area contributed by atoms with Gasteiger partial charge in [-0.05, 0) is 37.2 Å². The van der Waals surface area contributed by atoms with Crippen LogP contribution in [0.15, 0.2) is 23.4 Å². The van der Waals surface area contributed by atoms with Crippen molar-refractivity contribution in [3.05, 3.63) is 23.9 Å². The fraction of sp³-hybridized carbons (Fsp3) is 0.455. The van der Waals surface area contributed by atoms with Crippen molar-refractivity contribution < 1.29 is 13.6 Å². The molecule has 0 aromatic carbocycles. The number of hydrogen-bond donors (Lipinski definition) is 1. The lowest BCUT2D eigenvalue weighted by Crippen LogP contribution is -2.32. The number of carbonyl (C=O) groups excluding carboxylic acids is 1. The van der Waals surface area contributed by atoms with Crippen molar-refractivity contribution in [3.63, 3.8) is 0 Å². The van der Waals surface area contributed by atoms with Crippen LogP contribution in [0.25, 0.3) is 0 Å². The highest BCUT2D eigenvalue weighted by atomic mass is 32.2. The van der Waals surface area contributed by atoms with Crippen molar-refractivity contribution in [2.75, 3.05) is 0 Å². The van der Waals surface area contributed by atoms with Crippen LogP contribution in [0.4, 0.5) is 8.78 Å². The number of rotatable bonds is 5. The highest BCUT2D eigenvalue weighted by Crippen LogP contribution is 2.26. The first-order valence-corrected chi connectivity index (χ1v) is 6.13. The van der Waals surface area contributed by atoms with Gasteiger partial charge in [0.05, 0.1) is 5.56 Å². The normalized spacial score (nSPS) is 12.5. The van der Waals surface area contributed by atoms with Crippen molar-refractivity contribution >= 4 is 17.7 Å². The van der Waals surface area contributed by atoms with Gasteiger partial charge in [0.25, 0.3) is 11.7 Å². The van der Waals surface area contributed by atoms with Gasteiger partial charge in [-0.15, -0.1) is 0 Å². The molecule has 0 aliphatic carbocycles. The van der Waals surface area contributed by atoms with Crippen LogP contribution in [0.2, 0.25) is 0 Å². The van der Waals surface area contributed by atoms with Gasteiger partial charge in [-0.2, -0.15) is 8.78 Å². The third-order valence-electron chi connectivity index (χ3n) is 2.21. The zero-order valence-electron chi connectivity index (χ0n) is 9.61. The highest BCUT2D eigenvalue weighted by Gasteiger charge is 2.17. The Morgan fingerprint density at radius 1 is 1.59 bits per heavy atom. The van der Waals surface area contributed by atoms with E-state index in [1.165, 1.54) is 12.3 Å². The number of thioether (sulfide) groups is 1. The van der Waals surface area contributed by atoms with Gasteiger partial charge < -0.3 is 5.32 Å². The van der Waals surface area contributed by atoms with E-state index in [0.717, 1.165) is 6.42 Å². The maximum Gasteiger partial charge on any atom is 0.290 e. The molecule has 6 heteroatoms. The number of alkyl halides is 2. The van der Waals surface area contributed by atoms with Gasteiger partial charge in [-0.3, -0.25) is 4.79 Å². The van der Waals surface area contributed by atoms with Gasteiger partial charge in [0.1, 0.15) is 5.03 Å². The summed E-state index contributed by atoms with van der Waals surface area (Å²) in [6, 6.07) is 3.06. The molecule has 1 heterocycles. The molecule has 17 heavy (non-hydrogen) atoms. The van der Waals surface area contributed by atoms with Crippen LogP contribution in [0, 0.1) is 0 Å². The molecule has 94 valence electrons. The lowest BCUT2D eigenvalue weighted by molar-refractivity contribution is 0.0935. The minimum Gasteiger partial charge on any atom is -0.350 e. The van der Waals surface area contributed by atoms with Crippen molar-refractivity contribution in [2.45, 2.75) is 37.1 Å². The minimum atomic E-state index is -2.58. The second-order valence-electron chi connectivity index (χ2n) is 3.52. The summed E-state index contributed by atoms with van der Waals surface area (Å²) >= 11 is 0.283. The number of amides is 1. The van der Waals surface area contributed by atoms with Crippen LogP contribution < -0.4 is 5.32 Å². The van der Waals surface area contributed by atoms with E-state index in [0.29, 0.717) is 0 Å². The summed E-state index contributed by atoms with van der Waals surface area (Å²) in [4.78, 5) is 15.6. The SMILES string of the molecule is CCC(C)NC(=O)c1cccnc1SC(F)F. The summed E-state index contributed by atoms with van der Waals surface area (Å²) in [6.45, 7) is 3.79. The molecule has 3 nitrogen and oxygen atoms in total. The van der Waals surface area contributed by atoms with Crippen LogP contribution in [-0.2, 0) is 0 Å². The van der Waals surface area contributed by atoms with Gasteiger partial charge in [-0.25, -0.2) is 4.98 Å². The second-order valence-corrected chi connectivity index (χ2v) is 4.50. The quantitative estimate of drug-likeness (QED) is 0.828. The number of nitrogens with one attached hydrogen (secondary N) is 1. The Kier molecular flexibility index (Phi) is 5.34. The molecular weight excluding hydrogens is 246 g/mol. The summed E-state index contributed by atoms with van der Waals surface area (Å²) < 4.78 is 24.6. The Balaban J connectivity index is 2.85. The Morgan fingerprint density at radius 2 is 2.29 bits per heavy atom. The van der Waals surface area contributed by atoms with Gasteiger partial charge in [-0.1, -0.05) is 6.92 Å². The molecule has 0 aliphatic rings. The molecule has 0 spiro atoms. The Bertz CT molecular complexity index is 387. The Labute approximate surface area is 103 Å². The van der Waals surface area contributed by atoms with Gasteiger partial charge in [0, 0.05) is 12.2 Å². The largest absolute Gasteiger partial charge is 0.350 e. The third kappa shape index (κ3) is 4.30. The zero-order chi connectivity index (χ0) is 12.8. The summed E-state index contributed by atoms with van der Waals surface area (Å²) in [5.41, 5.74) is 0.193. The van der Waals surface area contributed by atoms with E-state index in [1.807, 2.05) is 13.8 Å². The van der Waals surface area contributed by atoms with E-state index in [4.69, 9.17) is 0 Å². The average Bonchev–Trinajstić information content (AvgIpc) is 2.28. The third-order valence-corrected chi connectivity index (χ3v) is 2.93. The first-order chi connectivity index (χ1) is 8.04. The van der Waals surface area contributed by atoms with Gasteiger partial charge in [0.2, 0.25) is 0 Å². The van der Waals surface area contributed by atoms with E-state index in [1.54, 1.807) is 6.07 Å². The van der Waals surface area contributed by atoms with E-state index >= 15 is 0 Å². The summed E-state index contributed by atoms with van der Waals surface area (Å²) in [6.07, 6.45) is 2.17. The van der Waals surface area contributed by atoms with E-state index in [9.17, 15) is 13.6 Å². The van der Waals surface area contributed by atoms with Gasteiger partial charge in [0.15, 0.2) is 0 Å². The van der Waals surface area contributed by atoms with E-state index < -0.39 is 5.76 Å². The topological polar surface area (TPSA) is 42.0 Å². The number of halogens is 2. The molecule has 1 rings (SSSR count). The molecule has 0 saturated carbocycles. The summed E-state index contributed by atoms with van der Waals surface area (Å²) in [5, 5.41) is 2.78. The van der Waals surface area contributed by atoms with E-state index in [2.05, 4.69) is 10.3 Å². The van der Waals surface area contributed by atoms with Gasteiger partial charge >= 0.3 is 0 Å². The van der Waals surface area contributed by atoms with Crippen LogP contribution in [0.5, 0.6) is 0 Å². The molecule has 0 saturated heterocycles. The number of pyridine rings is 1. The highest BCUT2D eigenvalue weighted by molar-refractivity contribution is 7.99. The molecule has 1 N–H and O–H groups in total. The van der Waals surface area contributed by atoms with Crippen LogP contribution in [0.1, 0.15) is 30.6 Å².